The van der Waals surface area contributed by atoms with E-state index in [1.165, 1.54) is 30.5 Å². The summed E-state index contributed by atoms with van der Waals surface area (Å²) in [6, 6.07) is 9.51. The standard InChI is InChI=1S/C17H10F4N2O/c18-12-4-1-10(2-5-12)16(24)23-14-7-8-22-15-9-11(17(19,20)21)3-6-13(14)15/h1-9H,(H,22,23,24). The number of benzene rings is 2. The van der Waals surface area contributed by atoms with Gasteiger partial charge in [-0.05, 0) is 42.5 Å². The molecular weight excluding hydrogens is 324 g/mol. The van der Waals surface area contributed by atoms with Gasteiger partial charge < -0.3 is 5.32 Å². The van der Waals surface area contributed by atoms with Crippen LogP contribution >= 0.6 is 0 Å². The van der Waals surface area contributed by atoms with E-state index in [1.54, 1.807) is 0 Å². The maximum Gasteiger partial charge on any atom is 0.416 e. The first-order valence-electron chi connectivity index (χ1n) is 6.87. The zero-order chi connectivity index (χ0) is 17.3. The van der Waals surface area contributed by atoms with Gasteiger partial charge in [0, 0.05) is 17.1 Å². The predicted octanol–water partition coefficient (Wildman–Crippen LogP) is 4.65. The summed E-state index contributed by atoms with van der Waals surface area (Å²) < 4.78 is 51.1. The van der Waals surface area contributed by atoms with Crippen molar-refractivity contribution in [3.05, 3.63) is 71.7 Å². The second kappa shape index (κ2) is 5.92. The number of amides is 1. The highest BCUT2D eigenvalue weighted by Gasteiger charge is 2.30. The summed E-state index contributed by atoms with van der Waals surface area (Å²) in [4.78, 5) is 16.1. The summed E-state index contributed by atoms with van der Waals surface area (Å²) in [5.74, 6) is -0.969. The molecular formula is C17H10F4N2O. The fraction of sp³-hybridized carbons (Fsp3) is 0.0588. The van der Waals surface area contributed by atoms with Crippen LogP contribution in [0.4, 0.5) is 23.2 Å². The van der Waals surface area contributed by atoms with Crippen LogP contribution in [0.15, 0.2) is 54.7 Å². The first kappa shape index (κ1) is 15.9. The smallest absolute Gasteiger partial charge is 0.321 e. The van der Waals surface area contributed by atoms with Crippen LogP contribution in [0.3, 0.4) is 0 Å². The van der Waals surface area contributed by atoms with Crippen molar-refractivity contribution >= 4 is 22.5 Å². The number of aromatic nitrogens is 1. The SMILES string of the molecule is O=C(Nc1ccnc2cc(C(F)(F)F)ccc12)c1ccc(F)cc1. The molecule has 3 nitrogen and oxygen atoms in total. The summed E-state index contributed by atoms with van der Waals surface area (Å²) in [5.41, 5.74) is -0.150. The van der Waals surface area contributed by atoms with Crippen molar-refractivity contribution in [1.29, 1.82) is 0 Å². The van der Waals surface area contributed by atoms with E-state index >= 15 is 0 Å². The molecule has 2 aromatic carbocycles. The quantitative estimate of drug-likeness (QED) is 0.694. The molecule has 0 saturated heterocycles. The molecule has 0 aliphatic heterocycles. The molecule has 0 atom stereocenters. The van der Waals surface area contributed by atoms with E-state index in [4.69, 9.17) is 0 Å². The number of fused-ring (bicyclic) bond motifs is 1. The molecule has 0 aliphatic carbocycles. The van der Waals surface area contributed by atoms with Crippen molar-refractivity contribution < 1.29 is 22.4 Å². The number of hydrogen-bond acceptors (Lipinski definition) is 2. The van der Waals surface area contributed by atoms with E-state index in [-0.39, 0.29) is 11.1 Å². The topological polar surface area (TPSA) is 42.0 Å². The van der Waals surface area contributed by atoms with Crippen molar-refractivity contribution in [2.75, 3.05) is 5.32 Å². The lowest BCUT2D eigenvalue weighted by Crippen LogP contribution is -2.12. The molecule has 0 saturated carbocycles. The Balaban J connectivity index is 1.95. The normalized spacial score (nSPS) is 11.5. The van der Waals surface area contributed by atoms with E-state index in [1.807, 2.05) is 0 Å². The van der Waals surface area contributed by atoms with Crippen molar-refractivity contribution in [3.8, 4) is 0 Å². The molecule has 0 bridgehead atoms. The number of nitrogens with zero attached hydrogens (tertiary/aromatic N) is 1. The zero-order valence-corrected chi connectivity index (χ0v) is 12.1. The molecule has 1 aromatic heterocycles. The number of anilines is 1. The van der Waals surface area contributed by atoms with Crippen LogP contribution in [0.5, 0.6) is 0 Å². The molecule has 0 aliphatic rings. The molecule has 1 N–H and O–H groups in total. The van der Waals surface area contributed by atoms with Gasteiger partial charge in [-0.25, -0.2) is 4.39 Å². The third-order valence-electron chi connectivity index (χ3n) is 3.42. The van der Waals surface area contributed by atoms with Crippen molar-refractivity contribution in [2.24, 2.45) is 0 Å². The summed E-state index contributed by atoms with van der Waals surface area (Å²) in [6.07, 6.45) is -3.16. The van der Waals surface area contributed by atoms with E-state index in [9.17, 15) is 22.4 Å². The number of halogens is 4. The number of carbonyl (C=O) groups excluding carboxylic acids is 1. The first-order valence-corrected chi connectivity index (χ1v) is 6.87. The highest BCUT2D eigenvalue weighted by Crippen LogP contribution is 2.32. The van der Waals surface area contributed by atoms with Gasteiger partial charge in [-0.2, -0.15) is 13.2 Å². The maximum atomic E-state index is 12.9. The molecule has 3 rings (SSSR count). The Hall–Kier alpha value is -2.96. The Morgan fingerprint density at radius 2 is 1.71 bits per heavy atom. The molecule has 7 heteroatoms. The minimum absolute atomic E-state index is 0.113. The van der Waals surface area contributed by atoms with Crippen LogP contribution in [0.2, 0.25) is 0 Å². The van der Waals surface area contributed by atoms with Gasteiger partial charge in [0.15, 0.2) is 0 Å². The van der Waals surface area contributed by atoms with Gasteiger partial charge in [0.1, 0.15) is 5.82 Å². The molecule has 122 valence electrons. The van der Waals surface area contributed by atoms with Crippen LogP contribution < -0.4 is 5.32 Å². The fourth-order valence-electron chi connectivity index (χ4n) is 2.23. The van der Waals surface area contributed by atoms with Crippen molar-refractivity contribution in [2.45, 2.75) is 6.18 Å². The van der Waals surface area contributed by atoms with Crippen LogP contribution in [0, 0.1) is 5.82 Å². The molecule has 1 heterocycles. The summed E-state index contributed by atoms with van der Waals surface area (Å²) in [6.45, 7) is 0. The van der Waals surface area contributed by atoms with E-state index < -0.39 is 23.5 Å². The Morgan fingerprint density at radius 1 is 1.00 bits per heavy atom. The van der Waals surface area contributed by atoms with Crippen molar-refractivity contribution in [3.63, 3.8) is 0 Å². The lowest BCUT2D eigenvalue weighted by Gasteiger charge is -2.11. The molecule has 0 fully saturated rings. The second-order valence-electron chi connectivity index (χ2n) is 5.05. The predicted molar refractivity (Wildman–Crippen MR) is 81.1 cm³/mol. The molecule has 0 radical (unpaired) electrons. The van der Waals surface area contributed by atoms with Gasteiger partial charge in [0.25, 0.3) is 5.91 Å². The van der Waals surface area contributed by atoms with Crippen LogP contribution in [0.25, 0.3) is 10.9 Å². The van der Waals surface area contributed by atoms with Gasteiger partial charge in [-0.3, -0.25) is 9.78 Å². The minimum atomic E-state index is -4.47. The summed E-state index contributed by atoms with van der Waals surface area (Å²) in [5, 5.41) is 2.97. The number of carbonyl (C=O) groups is 1. The highest BCUT2D eigenvalue weighted by atomic mass is 19.4. The molecule has 0 spiro atoms. The van der Waals surface area contributed by atoms with E-state index in [0.29, 0.717) is 11.1 Å². The van der Waals surface area contributed by atoms with Crippen LogP contribution in [0.1, 0.15) is 15.9 Å². The van der Waals surface area contributed by atoms with E-state index in [0.717, 1.165) is 24.3 Å². The van der Waals surface area contributed by atoms with Gasteiger partial charge in [-0.15, -0.1) is 0 Å². The van der Waals surface area contributed by atoms with Gasteiger partial charge >= 0.3 is 6.18 Å². The Labute approximate surface area is 133 Å². The monoisotopic (exact) mass is 334 g/mol. The van der Waals surface area contributed by atoms with Crippen LogP contribution in [-0.4, -0.2) is 10.9 Å². The molecule has 1 amide bonds. The summed E-state index contributed by atoms with van der Waals surface area (Å²) >= 11 is 0. The summed E-state index contributed by atoms with van der Waals surface area (Å²) in [7, 11) is 0. The lowest BCUT2D eigenvalue weighted by atomic mass is 10.1. The lowest BCUT2D eigenvalue weighted by molar-refractivity contribution is -0.137. The largest absolute Gasteiger partial charge is 0.416 e. The first-order chi connectivity index (χ1) is 11.3. The zero-order valence-electron chi connectivity index (χ0n) is 12.1. The molecule has 0 unspecified atom stereocenters. The van der Waals surface area contributed by atoms with Gasteiger partial charge in [0.05, 0.1) is 16.8 Å². The van der Waals surface area contributed by atoms with Crippen molar-refractivity contribution in [1.82, 2.24) is 4.98 Å². The van der Waals surface area contributed by atoms with Gasteiger partial charge in [-0.1, -0.05) is 6.07 Å². The van der Waals surface area contributed by atoms with Crippen LogP contribution in [-0.2, 0) is 6.18 Å². The minimum Gasteiger partial charge on any atom is -0.321 e. The molecule has 24 heavy (non-hydrogen) atoms. The number of alkyl halides is 3. The third-order valence-corrected chi connectivity index (χ3v) is 3.42. The third kappa shape index (κ3) is 3.19. The van der Waals surface area contributed by atoms with Gasteiger partial charge in [0.2, 0.25) is 0 Å². The number of rotatable bonds is 2. The Morgan fingerprint density at radius 3 is 2.38 bits per heavy atom. The fourth-order valence-corrected chi connectivity index (χ4v) is 2.23. The number of pyridine rings is 1. The number of hydrogen-bond donors (Lipinski definition) is 1. The molecule has 3 aromatic rings. The van der Waals surface area contributed by atoms with E-state index in [2.05, 4.69) is 10.3 Å². The Bertz CT molecular complexity index is 905. The second-order valence-corrected chi connectivity index (χ2v) is 5.05. The maximum absolute atomic E-state index is 12.9. The highest BCUT2D eigenvalue weighted by molar-refractivity contribution is 6.08. The average Bonchev–Trinajstić information content (AvgIpc) is 2.54. The Kier molecular flexibility index (Phi) is 3.92. The average molecular weight is 334 g/mol. The number of nitrogens with one attached hydrogen (secondary N) is 1.